The molecule has 0 saturated heterocycles. The summed E-state index contributed by atoms with van der Waals surface area (Å²) in [7, 11) is 0. The summed E-state index contributed by atoms with van der Waals surface area (Å²) in [5.41, 5.74) is 1.85. The molecular weight excluding hydrogens is 468 g/mol. The number of aromatic carboxylic acids is 1. The second-order valence-corrected chi connectivity index (χ2v) is 7.42. The Kier molecular flexibility index (Phi) is 6.08. The number of fused-ring (bicyclic) bond motifs is 3. The van der Waals surface area contributed by atoms with E-state index in [1.807, 2.05) is 0 Å². The second-order valence-electron chi connectivity index (χ2n) is 6.98. The minimum atomic E-state index is -1.27. The van der Waals surface area contributed by atoms with E-state index in [2.05, 4.69) is 25.3 Å². The van der Waals surface area contributed by atoms with Gasteiger partial charge in [0.1, 0.15) is 11.6 Å². The minimum absolute atomic E-state index is 0. The van der Waals surface area contributed by atoms with Gasteiger partial charge in [0.25, 0.3) is 0 Å². The number of nitrogens with one attached hydrogen (secondary N) is 1. The summed E-state index contributed by atoms with van der Waals surface area (Å²) >= 11 is 6.20. The van der Waals surface area contributed by atoms with Crippen LogP contribution in [0, 0.1) is 11.6 Å². The molecule has 3 heterocycles. The summed E-state index contributed by atoms with van der Waals surface area (Å²) in [6.45, 7) is 0.0627. The number of hydrogen-bond acceptors (Lipinski definition) is 7. The molecule has 1 aliphatic heterocycles. The Morgan fingerprint density at radius 3 is 2.56 bits per heavy atom. The van der Waals surface area contributed by atoms with Crippen molar-refractivity contribution in [2.45, 2.75) is 14.0 Å². The van der Waals surface area contributed by atoms with Gasteiger partial charge in [0, 0.05) is 27.9 Å². The first-order valence-corrected chi connectivity index (χ1v) is 9.89. The van der Waals surface area contributed by atoms with E-state index < -0.39 is 17.6 Å². The number of hydrogen-bond donors (Lipinski definition) is 2. The van der Waals surface area contributed by atoms with Crippen molar-refractivity contribution in [3.8, 4) is 11.3 Å². The monoisotopic (exact) mass is 483 g/mol. The Hall–Kier alpha value is -4.18. The number of carboxylic acids is 1. The standard InChI is InChI=1S/C22H12ClF2N5O3.CH4/c23-11-4-5-12-13(6-11)19(17-14(24)2-1-3-15(17)25)26-7-10-8-27-21(29-18(10)12)30-22-28-9-16(33-22)20(31)32;/h1-6,8-9H,7H2,(H,31,32)(H,27,28,29,30);1H4. The van der Waals surface area contributed by atoms with Gasteiger partial charge in [-0.15, -0.1) is 0 Å². The molecule has 11 heteroatoms. The minimum Gasteiger partial charge on any atom is -0.475 e. The number of aromatic nitrogens is 3. The van der Waals surface area contributed by atoms with E-state index in [1.54, 1.807) is 18.2 Å². The molecule has 0 unspecified atom stereocenters. The molecule has 0 amide bonds. The van der Waals surface area contributed by atoms with Crippen molar-refractivity contribution < 1.29 is 23.1 Å². The molecule has 0 bridgehead atoms. The molecule has 0 fully saturated rings. The third-order valence-corrected chi connectivity index (χ3v) is 5.13. The van der Waals surface area contributed by atoms with E-state index in [4.69, 9.17) is 21.1 Å². The van der Waals surface area contributed by atoms with Gasteiger partial charge in [0.05, 0.1) is 29.7 Å². The average Bonchev–Trinajstić information content (AvgIpc) is 3.19. The van der Waals surface area contributed by atoms with E-state index >= 15 is 0 Å². The Bertz CT molecular complexity index is 1430. The van der Waals surface area contributed by atoms with E-state index in [0.29, 0.717) is 27.4 Å². The van der Waals surface area contributed by atoms with Gasteiger partial charge < -0.3 is 9.52 Å². The highest BCUT2D eigenvalue weighted by molar-refractivity contribution is 6.31. The predicted octanol–water partition coefficient (Wildman–Crippen LogP) is 5.49. The maximum absolute atomic E-state index is 14.6. The first-order valence-electron chi connectivity index (χ1n) is 9.52. The quantitative estimate of drug-likeness (QED) is 0.394. The van der Waals surface area contributed by atoms with Crippen LogP contribution in [-0.4, -0.2) is 31.7 Å². The summed E-state index contributed by atoms with van der Waals surface area (Å²) in [5.74, 6) is -3.05. The van der Waals surface area contributed by atoms with Gasteiger partial charge in [-0.1, -0.05) is 31.2 Å². The number of oxazole rings is 1. The van der Waals surface area contributed by atoms with E-state index in [0.717, 1.165) is 18.3 Å². The number of carbonyl (C=O) groups is 1. The lowest BCUT2D eigenvalue weighted by molar-refractivity contribution is 0.0663. The first kappa shape index (κ1) is 23.0. The SMILES string of the molecule is C.O=C(O)c1cnc(Nc2ncc3c(n2)-c2ccc(Cl)cc2C(c2c(F)cccc2F)=NC3)o1. The van der Waals surface area contributed by atoms with Gasteiger partial charge in [-0.25, -0.2) is 28.5 Å². The second kappa shape index (κ2) is 8.99. The van der Waals surface area contributed by atoms with Crippen LogP contribution in [0.1, 0.15) is 34.7 Å². The van der Waals surface area contributed by atoms with Gasteiger partial charge in [-0.05, 0) is 24.3 Å². The smallest absolute Gasteiger partial charge is 0.373 e. The lowest BCUT2D eigenvalue weighted by Gasteiger charge is -2.13. The summed E-state index contributed by atoms with van der Waals surface area (Å²) in [5, 5.41) is 12.0. The van der Waals surface area contributed by atoms with E-state index in [1.165, 1.54) is 12.3 Å². The van der Waals surface area contributed by atoms with Crippen LogP contribution in [0.4, 0.5) is 20.7 Å². The molecule has 8 nitrogen and oxygen atoms in total. The fraction of sp³-hybridized carbons (Fsp3) is 0.0870. The van der Waals surface area contributed by atoms with Crippen molar-refractivity contribution in [1.82, 2.24) is 15.0 Å². The van der Waals surface area contributed by atoms with E-state index in [-0.39, 0.29) is 43.0 Å². The highest BCUT2D eigenvalue weighted by Gasteiger charge is 2.25. The third kappa shape index (κ3) is 4.11. The summed E-state index contributed by atoms with van der Waals surface area (Å²) in [6.07, 6.45) is 2.56. The van der Waals surface area contributed by atoms with E-state index in [9.17, 15) is 13.6 Å². The summed E-state index contributed by atoms with van der Waals surface area (Å²) in [4.78, 5) is 28.0. The zero-order chi connectivity index (χ0) is 23.1. The average molecular weight is 484 g/mol. The molecule has 0 radical (unpaired) electrons. The van der Waals surface area contributed by atoms with Crippen LogP contribution in [0.3, 0.4) is 0 Å². The number of benzene rings is 2. The van der Waals surface area contributed by atoms with Crippen molar-refractivity contribution in [2.75, 3.05) is 5.32 Å². The summed E-state index contributed by atoms with van der Waals surface area (Å²) in [6, 6.07) is 8.37. The number of rotatable bonds is 4. The third-order valence-electron chi connectivity index (χ3n) is 4.90. The van der Waals surface area contributed by atoms with Crippen molar-refractivity contribution in [3.05, 3.63) is 87.9 Å². The number of carboxylic acid groups (broad SMARTS) is 1. The fourth-order valence-electron chi connectivity index (χ4n) is 3.45. The molecule has 34 heavy (non-hydrogen) atoms. The maximum Gasteiger partial charge on any atom is 0.373 e. The van der Waals surface area contributed by atoms with Crippen molar-refractivity contribution in [1.29, 1.82) is 0 Å². The number of halogens is 3. The van der Waals surface area contributed by atoms with Gasteiger partial charge >= 0.3 is 12.0 Å². The lowest BCUT2D eigenvalue weighted by Crippen LogP contribution is -2.10. The van der Waals surface area contributed by atoms with Crippen molar-refractivity contribution >= 4 is 35.2 Å². The largest absolute Gasteiger partial charge is 0.475 e. The number of anilines is 2. The Balaban J connectivity index is 0.00000274. The van der Waals surface area contributed by atoms with Crippen molar-refractivity contribution in [3.63, 3.8) is 0 Å². The van der Waals surface area contributed by atoms with Gasteiger partial charge in [-0.3, -0.25) is 10.3 Å². The maximum atomic E-state index is 14.6. The number of nitrogens with zero attached hydrogens (tertiary/aromatic N) is 4. The highest BCUT2D eigenvalue weighted by Crippen LogP contribution is 2.34. The topological polar surface area (TPSA) is 114 Å². The molecule has 172 valence electrons. The van der Waals surface area contributed by atoms with Gasteiger partial charge in [0.2, 0.25) is 11.7 Å². The van der Waals surface area contributed by atoms with Crippen LogP contribution >= 0.6 is 11.6 Å². The lowest BCUT2D eigenvalue weighted by atomic mass is 9.95. The van der Waals surface area contributed by atoms with Crippen LogP contribution in [-0.2, 0) is 6.54 Å². The normalized spacial score (nSPS) is 12.0. The Morgan fingerprint density at radius 1 is 1.09 bits per heavy atom. The highest BCUT2D eigenvalue weighted by atomic mass is 35.5. The van der Waals surface area contributed by atoms with Crippen LogP contribution in [0.2, 0.25) is 5.02 Å². The molecule has 0 atom stereocenters. The molecule has 4 aromatic rings. The molecule has 2 aromatic heterocycles. The molecule has 0 saturated carbocycles. The molecule has 2 N–H and O–H groups in total. The molecule has 5 rings (SSSR count). The summed E-state index contributed by atoms with van der Waals surface area (Å²) < 4.78 is 34.3. The van der Waals surface area contributed by atoms with Crippen molar-refractivity contribution in [2.24, 2.45) is 4.99 Å². The number of aliphatic imine (C=N–C) groups is 1. The zero-order valence-corrected chi connectivity index (χ0v) is 17.3. The fourth-order valence-corrected chi connectivity index (χ4v) is 3.62. The molecule has 2 aromatic carbocycles. The zero-order valence-electron chi connectivity index (χ0n) is 16.5. The van der Waals surface area contributed by atoms with Gasteiger partial charge in [-0.2, -0.15) is 0 Å². The molecule has 0 aliphatic carbocycles. The van der Waals surface area contributed by atoms with Crippen LogP contribution in [0.15, 0.2) is 58.2 Å². The predicted molar refractivity (Wildman–Crippen MR) is 122 cm³/mol. The van der Waals surface area contributed by atoms with Crippen LogP contribution in [0.25, 0.3) is 11.3 Å². The van der Waals surface area contributed by atoms with Crippen LogP contribution in [0.5, 0.6) is 0 Å². The molecule has 1 aliphatic rings. The Labute approximate surface area is 197 Å². The Morgan fingerprint density at radius 2 is 1.85 bits per heavy atom. The first-order chi connectivity index (χ1) is 15.9. The van der Waals surface area contributed by atoms with Gasteiger partial charge in [0.15, 0.2) is 0 Å². The molecule has 0 spiro atoms. The van der Waals surface area contributed by atoms with Crippen LogP contribution < -0.4 is 5.32 Å². The molecular formula is C23H16ClF2N5O3.